The number of methoxy groups -OCH3 is 1. The van der Waals surface area contributed by atoms with Crippen molar-refractivity contribution < 1.29 is 9.26 Å². The second-order valence-electron chi connectivity index (χ2n) is 2.45. The zero-order valence-corrected chi connectivity index (χ0v) is 6.57. The predicted molar refractivity (Wildman–Crippen MR) is 45.0 cm³/mol. The molecule has 0 spiro atoms. The van der Waals surface area contributed by atoms with Crippen LogP contribution in [-0.2, 0) is 0 Å². The molecule has 0 saturated carbocycles. The molecular formula is C8H8N2O2. The van der Waals surface area contributed by atoms with Gasteiger partial charge in [0.25, 0.3) is 5.88 Å². The van der Waals surface area contributed by atoms with E-state index in [0.29, 0.717) is 17.2 Å². The largest absolute Gasteiger partial charge is 0.478 e. The molecule has 0 fully saturated rings. The van der Waals surface area contributed by atoms with Crippen LogP contribution in [0, 0.1) is 0 Å². The molecule has 12 heavy (non-hydrogen) atoms. The molecule has 0 bridgehead atoms. The highest BCUT2D eigenvalue weighted by molar-refractivity contribution is 5.84. The van der Waals surface area contributed by atoms with Crippen LogP contribution in [-0.4, -0.2) is 12.3 Å². The molecule has 1 aromatic carbocycles. The fourth-order valence-electron chi connectivity index (χ4n) is 1.08. The molecule has 2 N–H and O–H groups in total. The Labute approximate surface area is 68.9 Å². The third-order valence-corrected chi connectivity index (χ3v) is 1.65. The predicted octanol–water partition coefficient (Wildman–Crippen LogP) is 1.42. The van der Waals surface area contributed by atoms with E-state index in [4.69, 9.17) is 15.0 Å². The molecule has 0 saturated heterocycles. The molecule has 0 aliphatic rings. The molecule has 0 radical (unpaired) electrons. The lowest BCUT2D eigenvalue weighted by Gasteiger charge is -1.92. The lowest BCUT2D eigenvalue weighted by molar-refractivity contribution is 0.350. The van der Waals surface area contributed by atoms with Gasteiger partial charge in [0.1, 0.15) is 0 Å². The number of benzene rings is 1. The highest BCUT2D eigenvalue weighted by atomic mass is 16.5. The van der Waals surface area contributed by atoms with E-state index in [1.165, 1.54) is 0 Å². The van der Waals surface area contributed by atoms with Crippen molar-refractivity contribution in [1.29, 1.82) is 0 Å². The van der Waals surface area contributed by atoms with Gasteiger partial charge in [0.05, 0.1) is 12.5 Å². The Morgan fingerprint density at radius 3 is 3.08 bits per heavy atom. The summed E-state index contributed by atoms with van der Waals surface area (Å²) in [7, 11) is 1.54. The maximum absolute atomic E-state index is 5.58. The fraction of sp³-hybridized carbons (Fsp3) is 0.125. The number of hydrogen-bond acceptors (Lipinski definition) is 4. The highest BCUT2D eigenvalue weighted by Gasteiger charge is 2.06. The Morgan fingerprint density at radius 1 is 1.50 bits per heavy atom. The summed E-state index contributed by atoms with van der Waals surface area (Å²) >= 11 is 0. The molecule has 1 aromatic heterocycles. The Kier molecular flexibility index (Phi) is 1.40. The SMILES string of the molecule is COc1noc2ccc(N)cc12. The van der Waals surface area contributed by atoms with Gasteiger partial charge in [-0.05, 0) is 23.4 Å². The Balaban J connectivity index is 2.75. The van der Waals surface area contributed by atoms with E-state index in [0.717, 1.165) is 5.39 Å². The Bertz CT molecular complexity index is 408. The summed E-state index contributed by atoms with van der Waals surface area (Å²) in [5.74, 6) is 0.470. The standard InChI is InChI=1S/C8H8N2O2/c1-11-8-6-4-5(9)2-3-7(6)12-10-8/h2-4H,9H2,1H3. The number of fused-ring (bicyclic) bond motifs is 1. The normalized spacial score (nSPS) is 10.4. The van der Waals surface area contributed by atoms with Gasteiger partial charge in [0.2, 0.25) is 0 Å². The number of nitrogen functional groups attached to an aromatic ring is 1. The van der Waals surface area contributed by atoms with Gasteiger partial charge in [-0.1, -0.05) is 0 Å². The number of anilines is 1. The van der Waals surface area contributed by atoms with E-state index in [2.05, 4.69) is 5.16 Å². The van der Waals surface area contributed by atoms with E-state index in [9.17, 15) is 0 Å². The van der Waals surface area contributed by atoms with Crippen LogP contribution < -0.4 is 10.5 Å². The summed E-state index contributed by atoms with van der Waals surface area (Å²) in [6, 6.07) is 5.29. The molecule has 62 valence electrons. The van der Waals surface area contributed by atoms with Gasteiger partial charge in [-0.25, -0.2) is 0 Å². The Morgan fingerprint density at radius 2 is 2.33 bits per heavy atom. The number of hydrogen-bond donors (Lipinski definition) is 1. The van der Waals surface area contributed by atoms with E-state index in [-0.39, 0.29) is 0 Å². The minimum Gasteiger partial charge on any atom is -0.478 e. The summed E-state index contributed by atoms with van der Waals surface area (Å²) in [5.41, 5.74) is 6.93. The first-order valence-corrected chi connectivity index (χ1v) is 3.50. The van der Waals surface area contributed by atoms with E-state index >= 15 is 0 Å². The molecule has 0 unspecified atom stereocenters. The molecular weight excluding hydrogens is 156 g/mol. The van der Waals surface area contributed by atoms with Gasteiger partial charge in [-0.3, -0.25) is 0 Å². The van der Waals surface area contributed by atoms with Crippen molar-refractivity contribution in [2.24, 2.45) is 0 Å². The fourth-order valence-corrected chi connectivity index (χ4v) is 1.08. The third-order valence-electron chi connectivity index (χ3n) is 1.65. The van der Waals surface area contributed by atoms with Gasteiger partial charge in [-0.2, -0.15) is 0 Å². The summed E-state index contributed by atoms with van der Waals surface area (Å²) in [4.78, 5) is 0. The zero-order valence-electron chi connectivity index (χ0n) is 6.57. The van der Waals surface area contributed by atoms with Crippen LogP contribution in [0.5, 0.6) is 5.88 Å². The first kappa shape index (κ1) is 6.97. The van der Waals surface area contributed by atoms with Crippen LogP contribution in [0.4, 0.5) is 5.69 Å². The average molecular weight is 164 g/mol. The van der Waals surface area contributed by atoms with Crippen molar-refractivity contribution in [3.63, 3.8) is 0 Å². The molecule has 0 aliphatic heterocycles. The average Bonchev–Trinajstić information content (AvgIpc) is 2.46. The van der Waals surface area contributed by atoms with Crippen molar-refractivity contribution in [1.82, 2.24) is 5.16 Å². The van der Waals surface area contributed by atoms with Gasteiger partial charge >= 0.3 is 0 Å². The lowest BCUT2D eigenvalue weighted by Crippen LogP contribution is -1.84. The van der Waals surface area contributed by atoms with E-state index in [1.807, 2.05) is 0 Å². The van der Waals surface area contributed by atoms with Crippen molar-refractivity contribution in [3.05, 3.63) is 18.2 Å². The summed E-state index contributed by atoms with van der Waals surface area (Å²) in [6.07, 6.45) is 0. The van der Waals surface area contributed by atoms with Gasteiger partial charge in [0.15, 0.2) is 5.58 Å². The van der Waals surface area contributed by atoms with Gasteiger partial charge in [-0.15, -0.1) is 0 Å². The number of nitrogens with zero attached hydrogens (tertiary/aromatic N) is 1. The maximum atomic E-state index is 5.58. The van der Waals surface area contributed by atoms with Crippen molar-refractivity contribution in [2.45, 2.75) is 0 Å². The summed E-state index contributed by atoms with van der Waals surface area (Å²) in [6.45, 7) is 0. The molecule has 1 heterocycles. The number of nitrogens with two attached hydrogens (primary N) is 1. The molecule has 0 amide bonds. The molecule has 0 aliphatic carbocycles. The van der Waals surface area contributed by atoms with Crippen LogP contribution in [0.2, 0.25) is 0 Å². The molecule has 4 heteroatoms. The van der Waals surface area contributed by atoms with Crippen molar-refractivity contribution >= 4 is 16.7 Å². The van der Waals surface area contributed by atoms with E-state index < -0.39 is 0 Å². The van der Waals surface area contributed by atoms with Crippen LogP contribution in [0.25, 0.3) is 11.0 Å². The summed E-state index contributed by atoms with van der Waals surface area (Å²) < 4.78 is 9.93. The van der Waals surface area contributed by atoms with Crippen molar-refractivity contribution in [3.8, 4) is 5.88 Å². The molecule has 4 nitrogen and oxygen atoms in total. The first-order valence-electron chi connectivity index (χ1n) is 3.50. The first-order chi connectivity index (χ1) is 5.81. The Hall–Kier alpha value is -1.71. The second kappa shape index (κ2) is 2.41. The van der Waals surface area contributed by atoms with Gasteiger partial charge in [0, 0.05) is 5.69 Å². The van der Waals surface area contributed by atoms with E-state index in [1.54, 1.807) is 25.3 Å². The number of aromatic nitrogens is 1. The maximum Gasteiger partial charge on any atom is 0.261 e. The quantitative estimate of drug-likeness (QED) is 0.647. The molecule has 2 aromatic rings. The monoisotopic (exact) mass is 164 g/mol. The summed E-state index contributed by atoms with van der Waals surface area (Å²) in [5, 5.41) is 4.51. The van der Waals surface area contributed by atoms with Crippen LogP contribution >= 0.6 is 0 Å². The smallest absolute Gasteiger partial charge is 0.261 e. The number of ether oxygens (including phenoxy) is 1. The minimum absolute atomic E-state index is 0.470. The lowest BCUT2D eigenvalue weighted by atomic mass is 10.2. The van der Waals surface area contributed by atoms with Crippen molar-refractivity contribution in [2.75, 3.05) is 12.8 Å². The second-order valence-corrected chi connectivity index (χ2v) is 2.45. The zero-order chi connectivity index (χ0) is 8.55. The van der Waals surface area contributed by atoms with Crippen LogP contribution in [0.15, 0.2) is 22.7 Å². The third kappa shape index (κ3) is 0.887. The molecule has 0 atom stereocenters. The van der Waals surface area contributed by atoms with Gasteiger partial charge < -0.3 is 15.0 Å². The highest BCUT2D eigenvalue weighted by Crippen LogP contribution is 2.25. The minimum atomic E-state index is 0.470. The topological polar surface area (TPSA) is 61.3 Å². The molecule has 2 rings (SSSR count). The van der Waals surface area contributed by atoms with Crippen LogP contribution in [0.1, 0.15) is 0 Å². The number of rotatable bonds is 1. The van der Waals surface area contributed by atoms with Crippen LogP contribution in [0.3, 0.4) is 0 Å².